The highest BCUT2D eigenvalue weighted by atomic mass is 16.5. The monoisotopic (exact) mass is 318 g/mol. The molecule has 128 valence electrons. The molecule has 2 rings (SSSR count). The van der Waals surface area contributed by atoms with Crippen LogP contribution in [-0.2, 0) is 9.53 Å². The highest BCUT2D eigenvalue weighted by molar-refractivity contribution is 5.81. The Morgan fingerprint density at radius 3 is 2.70 bits per heavy atom. The van der Waals surface area contributed by atoms with Crippen molar-refractivity contribution in [3.8, 4) is 0 Å². The maximum absolute atomic E-state index is 12.1. The van der Waals surface area contributed by atoms with Gasteiger partial charge < -0.3 is 15.8 Å². The number of rotatable bonds is 6. The van der Waals surface area contributed by atoms with Gasteiger partial charge in [0.15, 0.2) is 0 Å². The van der Waals surface area contributed by atoms with Crippen molar-refractivity contribution in [3.63, 3.8) is 0 Å². The summed E-state index contributed by atoms with van der Waals surface area (Å²) in [5, 5.41) is 3.02. The van der Waals surface area contributed by atoms with E-state index >= 15 is 0 Å². The highest BCUT2D eigenvalue weighted by Crippen LogP contribution is 2.33. The van der Waals surface area contributed by atoms with Crippen molar-refractivity contribution >= 4 is 5.91 Å². The van der Waals surface area contributed by atoms with Crippen LogP contribution in [0.3, 0.4) is 0 Å². The molecule has 1 aromatic rings. The smallest absolute Gasteiger partial charge is 0.236 e. The molecule has 0 aliphatic carbocycles. The Bertz CT molecular complexity index is 499. The molecule has 1 aliphatic rings. The molecular weight excluding hydrogens is 288 g/mol. The van der Waals surface area contributed by atoms with Crippen LogP contribution in [0, 0.1) is 18.8 Å². The number of nitrogens with one attached hydrogen (secondary N) is 1. The Hall–Kier alpha value is -1.39. The van der Waals surface area contributed by atoms with Gasteiger partial charge in [-0.2, -0.15) is 0 Å². The zero-order valence-corrected chi connectivity index (χ0v) is 14.5. The second kappa shape index (κ2) is 8.46. The number of hydrogen-bond donors (Lipinski definition) is 2. The number of benzene rings is 1. The van der Waals surface area contributed by atoms with Crippen molar-refractivity contribution in [3.05, 3.63) is 35.4 Å². The van der Waals surface area contributed by atoms with Crippen molar-refractivity contribution in [2.24, 2.45) is 17.6 Å². The molecule has 3 atom stereocenters. The van der Waals surface area contributed by atoms with E-state index in [1.165, 1.54) is 11.1 Å². The Balaban J connectivity index is 1.93. The lowest BCUT2D eigenvalue weighted by molar-refractivity contribution is -0.123. The van der Waals surface area contributed by atoms with Crippen molar-refractivity contribution < 1.29 is 9.53 Å². The third-order valence-corrected chi connectivity index (χ3v) is 4.45. The molecule has 1 heterocycles. The van der Waals surface area contributed by atoms with Gasteiger partial charge in [-0.25, -0.2) is 0 Å². The number of hydrogen-bond acceptors (Lipinski definition) is 3. The van der Waals surface area contributed by atoms with Crippen molar-refractivity contribution in [1.29, 1.82) is 0 Å². The van der Waals surface area contributed by atoms with E-state index < -0.39 is 6.04 Å². The van der Waals surface area contributed by atoms with E-state index in [-0.39, 0.29) is 12.0 Å². The molecule has 0 aromatic heterocycles. The highest BCUT2D eigenvalue weighted by Gasteiger charge is 2.28. The minimum Gasteiger partial charge on any atom is -0.373 e. The first-order valence-electron chi connectivity index (χ1n) is 8.69. The zero-order chi connectivity index (χ0) is 16.8. The molecule has 1 fully saturated rings. The summed E-state index contributed by atoms with van der Waals surface area (Å²) in [4.78, 5) is 12.1. The summed E-state index contributed by atoms with van der Waals surface area (Å²) in [6.07, 6.45) is 2.89. The molecule has 1 saturated heterocycles. The summed E-state index contributed by atoms with van der Waals surface area (Å²) in [6, 6.07) is 8.07. The Morgan fingerprint density at radius 1 is 1.35 bits per heavy atom. The maximum atomic E-state index is 12.1. The molecule has 23 heavy (non-hydrogen) atoms. The van der Waals surface area contributed by atoms with Crippen LogP contribution < -0.4 is 11.1 Å². The topological polar surface area (TPSA) is 64.3 Å². The summed E-state index contributed by atoms with van der Waals surface area (Å²) < 4.78 is 5.99. The normalized spacial score (nSPS) is 22.8. The van der Waals surface area contributed by atoms with Crippen LogP contribution >= 0.6 is 0 Å². The van der Waals surface area contributed by atoms with Gasteiger partial charge in [0.25, 0.3) is 0 Å². The standard InChI is InChI=1S/C19H30N2O2/c1-13(2)11-17(20)19(22)21-12-16-5-4-10-23-18(16)15-8-6-14(3)7-9-15/h6-9,13,16-18H,4-5,10-12,20H2,1-3H3,(H,21,22)/t16?,17-,18?/m0/s1. The number of ether oxygens (including phenoxy) is 1. The van der Waals surface area contributed by atoms with Gasteiger partial charge in [-0.3, -0.25) is 4.79 Å². The molecule has 0 spiro atoms. The molecule has 0 saturated carbocycles. The van der Waals surface area contributed by atoms with Gasteiger partial charge >= 0.3 is 0 Å². The first-order valence-corrected chi connectivity index (χ1v) is 8.69. The van der Waals surface area contributed by atoms with E-state index in [0.717, 1.165) is 19.4 Å². The predicted octanol–water partition coefficient (Wildman–Crippen LogP) is 2.95. The predicted molar refractivity (Wildman–Crippen MR) is 93.0 cm³/mol. The van der Waals surface area contributed by atoms with Crippen LogP contribution in [-0.4, -0.2) is 25.1 Å². The fraction of sp³-hybridized carbons (Fsp3) is 0.632. The van der Waals surface area contributed by atoms with E-state index in [1.807, 2.05) is 0 Å². The molecule has 1 aromatic carbocycles. The second-order valence-electron chi connectivity index (χ2n) is 7.09. The quantitative estimate of drug-likeness (QED) is 0.847. The molecule has 3 N–H and O–H groups in total. The van der Waals surface area contributed by atoms with Crippen molar-refractivity contribution in [2.75, 3.05) is 13.2 Å². The van der Waals surface area contributed by atoms with Crippen LogP contribution in [0.1, 0.15) is 50.3 Å². The van der Waals surface area contributed by atoms with Crippen LogP contribution in [0.2, 0.25) is 0 Å². The molecule has 4 heteroatoms. The SMILES string of the molecule is Cc1ccc(C2OCCCC2CNC(=O)[C@@H](N)CC(C)C)cc1. The first kappa shape index (κ1) is 18.0. The van der Waals surface area contributed by atoms with Crippen LogP contribution in [0.5, 0.6) is 0 Å². The fourth-order valence-corrected chi connectivity index (χ4v) is 3.15. The van der Waals surface area contributed by atoms with Gasteiger partial charge in [0, 0.05) is 19.1 Å². The number of nitrogens with two attached hydrogens (primary N) is 1. The van der Waals surface area contributed by atoms with Gasteiger partial charge in [-0.1, -0.05) is 43.7 Å². The number of aryl methyl sites for hydroxylation is 1. The van der Waals surface area contributed by atoms with Crippen LogP contribution in [0.15, 0.2) is 24.3 Å². The molecule has 1 amide bonds. The molecule has 1 aliphatic heterocycles. The van der Waals surface area contributed by atoms with Gasteiger partial charge in [-0.15, -0.1) is 0 Å². The Labute approximate surface area is 139 Å². The second-order valence-corrected chi connectivity index (χ2v) is 7.09. The minimum absolute atomic E-state index is 0.0491. The van der Waals surface area contributed by atoms with Gasteiger partial charge in [0.2, 0.25) is 5.91 Å². The molecule has 4 nitrogen and oxygen atoms in total. The lowest BCUT2D eigenvalue weighted by atomic mass is 9.89. The zero-order valence-electron chi connectivity index (χ0n) is 14.5. The van der Waals surface area contributed by atoms with Gasteiger partial charge in [0.1, 0.15) is 0 Å². The van der Waals surface area contributed by atoms with Gasteiger partial charge in [0.05, 0.1) is 12.1 Å². The van der Waals surface area contributed by atoms with Crippen LogP contribution in [0.25, 0.3) is 0 Å². The third-order valence-electron chi connectivity index (χ3n) is 4.45. The van der Waals surface area contributed by atoms with E-state index in [4.69, 9.17) is 10.5 Å². The largest absolute Gasteiger partial charge is 0.373 e. The molecule has 0 radical (unpaired) electrons. The van der Waals surface area contributed by atoms with E-state index in [2.05, 4.69) is 50.4 Å². The van der Waals surface area contributed by atoms with E-state index in [0.29, 0.717) is 24.8 Å². The average molecular weight is 318 g/mol. The Kier molecular flexibility index (Phi) is 6.60. The maximum Gasteiger partial charge on any atom is 0.236 e. The lowest BCUT2D eigenvalue weighted by Crippen LogP contribution is -2.44. The molecule has 0 bridgehead atoms. The average Bonchev–Trinajstić information content (AvgIpc) is 2.53. The first-order chi connectivity index (χ1) is 11.0. The molecule has 2 unspecified atom stereocenters. The summed E-state index contributed by atoms with van der Waals surface area (Å²) >= 11 is 0. The summed E-state index contributed by atoms with van der Waals surface area (Å²) in [6.45, 7) is 7.66. The summed E-state index contributed by atoms with van der Waals surface area (Å²) in [7, 11) is 0. The van der Waals surface area contributed by atoms with E-state index in [9.17, 15) is 4.79 Å². The summed E-state index contributed by atoms with van der Waals surface area (Å²) in [5.74, 6) is 0.683. The number of carbonyl (C=O) groups is 1. The third kappa shape index (κ3) is 5.33. The van der Waals surface area contributed by atoms with Gasteiger partial charge in [-0.05, 0) is 37.7 Å². The Morgan fingerprint density at radius 2 is 2.04 bits per heavy atom. The van der Waals surface area contributed by atoms with Crippen molar-refractivity contribution in [2.45, 2.75) is 52.2 Å². The van der Waals surface area contributed by atoms with Crippen molar-refractivity contribution in [1.82, 2.24) is 5.32 Å². The van der Waals surface area contributed by atoms with E-state index in [1.54, 1.807) is 0 Å². The fourth-order valence-electron chi connectivity index (χ4n) is 3.15. The number of amides is 1. The van der Waals surface area contributed by atoms with Crippen LogP contribution in [0.4, 0.5) is 0 Å². The lowest BCUT2D eigenvalue weighted by Gasteiger charge is -2.32. The minimum atomic E-state index is -0.419. The molecular formula is C19H30N2O2. The number of carbonyl (C=O) groups excluding carboxylic acids is 1. The summed E-state index contributed by atoms with van der Waals surface area (Å²) in [5.41, 5.74) is 8.39.